The standard InChI is InChI=1S/C17H18ClN5O3/c1-11-7-15(22-26-11)21-17(25)10-23(2)6-5-16(24)20-13-4-3-12(9-19)14(18)8-13/h3-4,7-8H,5-6,10H2,1-2H3,(H,20,24)(H,21,22,25). The summed E-state index contributed by atoms with van der Waals surface area (Å²) in [5.41, 5.74) is 0.860. The van der Waals surface area contributed by atoms with Gasteiger partial charge in [-0.15, -0.1) is 0 Å². The molecule has 0 radical (unpaired) electrons. The molecule has 0 saturated carbocycles. The first kappa shape index (κ1) is 19.4. The Morgan fingerprint density at radius 3 is 2.69 bits per heavy atom. The number of nitrogens with one attached hydrogen (secondary N) is 2. The lowest BCUT2D eigenvalue weighted by Gasteiger charge is -2.15. The van der Waals surface area contributed by atoms with Crippen molar-refractivity contribution in [3.05, 3.63) is 40.6 Å². The molecule has 0 aliphatic rings. The number of nitriles is 1. The molecule has 1 aromatic carbocycles. The first-order valence-electron chi connectivity index (χ1n) is 7.78. The molecule has 26 heavy (non-hydrogen) atoms. The summed E-state index contributed by atoms with van der Waals surface area (Å²) in [6.45, 7) is 2.23. The van der Waals surface area contributed by atoms with Crippen LogP contribution in [0.15, 0.2) is 28.8 Å². The maximum Gasteiger partial charge on any atom is 0.239 e. The largest absolute Gasteiger partial charge is 0.360 e. The van der Waals surface area contributed by atoms with Crippen LogP contribution >= 0.6 is 11.6 Å². The molecule has 9 heteroatoms. The highest BCUT2D eigenvalue weighted by molar-refractivity contribution is 6.32. The average molecular weight is 376 g/mol. The highest BCUT2D eigenvalue weighted by atomic mass is 35.5. The minimum Gasteiger partial charge on any atom is -0.360 e. The fourth-order valence-corrected chi connectivity index (χ4v) is 2.35. The molecule has 0 aliphatic carbocycles. The molecule has 136 valence electrons. The molecule has 0 saturated heterocycles. The van der Waals surface area contributed by atoms with Crippen LogP contribution in [-0.2, 0) is 9.59 Å². The van der Waals surface area contributed by atoms with Crippen LogP contribution in [0.3, 0.4) is 0 Å². The van der Waals surface area contributed by atoms with Crippen LogP contribution in [0.4, 0.5) is 11.5 Å². The fourth-order valence-electron chi connectivity index (χ4n) is 2.13. The van der Waals surface area contributed by atoms with E-state index in [0.717, 1.165) is 0 Å². The van der Waals surface area contributed by atoms with Gasteiger partial charge in [0.1, 0.15) is 11.8 Å². The molecule has 2 rings (SSSR count). The molecule has 2 aromatic rings. The topological polar surface area (TPSA) is 111 Å². The van der Waals surface area contributed by atoms with E-state index >= 15 is 0 Å². The fraction of sp³-hybridized carbons (Fsp3) is 0.294. The van der Waals surface area contributed by atoms with Gasteiger partial charge >= 0.3 is 0 Å². The van der Waals surface area contributed by atoms with Gasteiger partial charge in [0.15, 0.2) is 5.82 Å². The van der Waals surface area contributed by atoms with Crippen molar-refractivity contribution in [2.24, 2.45) is 0 Å². The summed E-state index contributed by atoms with van der Waals surface area (Å²) in [5, 5.41) is 18.1. The second kappa shape index (κ2) is 8.99. The van der Waals surface area contributed by atoms with Gasteiger partial charge in [0, 0.05) is 24.7 Å². The second-order valence-electron chi connectivity index (χ2n) is 5.71. The van der Waals surface area contributed by atoms with Crippen LogP contribution < -0.4 is 10.6 Å². The predicted molar refractivity (Wildman–Crippen MR) is 96.8 cm³/mol. The van der Waals surface area contributed by atoms with Gasteiger partial charge in [-0.3, -0.25) is 14.5 Å². The van der Waals surface area contributed by atoms with E-state index in [0.29, 0.717) is 29.4 Å². The molecule has 0 aliphatic heterocycles. The van der Waals surface area contributed by atoms with Gasteiger partial charge in [0.2, 0.25) is 11.8 Å². The molecule has 0 bridgehead atoms. The minimum absolute atomic E-state index is 0.113. The number of hydrogen-bond donors (Lipinski definition) is 2. The number of carbonyl (C=O) groups excluding carboxylic acids is 2. The van der Waals surface area contributed by atoms with Crippen molar-refractivity contribution in [2.45, 2.75) is 13.3 Å². The van der Waals surface area contributed by atoms with E-state index in [4.69, 9.17) is 21.4 Å². The van der Waals surface area contributed by atoms with E-state index in [1.165, 1.54) is 6.07 Å². The number of halogens is 1. The van der Waals surface area contributed by atoms with Crippen molar-refractivity contribution in [3.8, 4) is 6.07 Å². The second-order valence-corrected chi connectivity index (χ2v) is 6.12. The van der Waals surface area contributed by atoms with E-state index in [1.807, 2.05) is 6.07 Å². The summed E-state index contributed by atoms with van der Waals surface area (Å²) >= 11 is 5.93. The number of aryl methyl sites for hydroxylation is 1. The van der Waals surface area contributed by atoms with Gasteiger partial charge in [0.25, 0.3) is 0 Å². The van der Waals surface area contributed by atoms with Crippen LogP contribution in [-0.4, -0.2) is 42.0 Å². The Hall–Kier alpha value is -2.89. The number of likely N-dealkylation sites (N-methyl/N-ethyl adjacent to an activating group) is 1. The lowest BCUT2D eigenvalue weighted by Crippen LogP contribution is -2.32. The molecule has 8 nitrogen and oxygen atoms in total. The smallest absolute Gasteiger partial charge is 0.239 e. The predicted octanol–water partition coefficient (Wildman–Crippen LogP) is 2.41. The highest BCUT2D eigenvalue weighted by Crippen LogP contribution is 2.20. The average Bonchev–Trinajstić information content (AvgIpc) is 2.98. The zero-order valence-corrected chi connectivity index (χ0v) is 15.1. The molecule has 0 fully saturated rings. The highest BCUT2D eigenvalue weighted by Gasteiger charge is 2.11. The van der Waals surface area contributed by atoms with Crippen LogP contribution in [0, 0.1) is 18.3 Å². The van der Waals surface area contributed by atoms with Crippen LogP contribution in [0.1, 0.15) is 17.7 Å². The number of aromatic nitrogens is 1. The molecule has 0 spiro atoms. The van der Waals surface area contributed by atoms with E-state index < -0.39 is 0 Å². The van der Waals surface area contributed by atoms with Gasteiger partial charge in [-0.25, -0.2) is 0 Å². The number of amides is 2. The number of benzene rings is 1. The number of rotatable bonds is 7. The first-order valence-corrected chi connectivity index (χ1v) is 8.16. The molecule has 0 atom stereocenters. The number of nitrogens with zero attached hydrogens (tertiary/aromatic N) is 3. The van der Waals surface area contributed by atoms with Crippen LogP contribution in [0.25, 0.3) is 0 Å². The third-order valence-corrected chi connectivity index (χ3v) is 3.72. The van der Waals surface area contributed by atoms with Crippen LogP contribution in [0.5, 0.6) is 0 Å². The Morgan fingerprint density at radius 2 is 2.08 bits per heavy atom. The van der Waals surface area contributed by atoms with Crippen molar-refractivity contribution >= 4 is 34.9 Å². The maximum absolute atomic E-state index is 12.0. The van der Waals surface area contributed by atoms with Crippen LogP contribution in [0.2, 0.25) is 5.02 Å². The van der Waals surface area contributed by atoms with Crippen molar-refractivity contribution < 1.29 is 14.1 Å². The maximum atomic E-state index is 12.0. The van der Waals surface area contributed by atoms with E-state index in [-0.39, 0.29) is 29.8 Å². The summed E-state index contributed by atoms with van der Waals surface area (Å²) in [4.78, 5) is 25.6. The lowest BCUT2D eigenvalue weighted by atomic mass is 10.2. The third kappa shape index (κ3) is 5.88. The zero-order chi connectivity index (χ0) is 19.1. The Morgan fingerprint density at radius 1 is 1.31 bits per heavy atom. The summed E-state index contributed by atoms with van der Waals surface area (Å²) < 4.78 is 4.87. The van der Waals surface area contributed by atoms with Gasteiger partial charge in [0.05, 0.1) is 17.1 Å². The Kier molecular flexibility index (Phi) is 6.72. The molecule has 1 heterocycles. The normalized spacial score (nSPS) is 10.4. The Bertz CT molecular complexity index is 843. The van der Waals surface area contributed by atoms with Crippen molar-refractivity contribution in [2.75, 3.05) is 30.8 Å². The minimum atomic E-state index is -0.250. The van der Waals surface area contributed by atoms with E-state index in [1.54, 1.807) is 37.1 Å². The molecule has 1 aromatic heterocycles. The van der Waals surface area contributed by atoms with E-state index in [2.05, 4.69) is 15.8 Å². The molecule has 2 N–H and O–H groups in total. The lowest BCUT2D eigenvalue weighted by molar-refractivity contribution is -0.119. The van der Waals surface area contributed by atoms with Gasteiger partial charge in [-0.05, 0) is 32.2 Å². The number of anilines is 2. The monoisotopic (exact) mass is 375 g/mol. The third-order valence-electron chi connectivity index (χ3n) is 3.40. The Balaban J connectivity index is 1.75. The molecule has 0 unspecified atom stereocenters. The molecular weight excluding hydrogens is 358 g/mol. The van der Waals surface area contributed by atoms with Gasteiger partial charge < -0.3 is 15.2 Å². The SMILES string of the molecule is Cc1cc(NC(=O)CN(C)CCC(=O)Nc2ccc(C#N)c(Cl)c2)no1. The van der Waals surface area contributed by atoms with Gasteiger partial charge in [-0.2, -0.15) is 5.26 Å². The van der Waals surface area contributed by atoms with Crippen molar-refractivity contribution in [1.82, 2.24) is 10.1 Å². The van der Waals surface area contributed by atoms with Gasteiger partial charge in [-0.1, -0.05) is 16.8 Å². The Labute approximate surface area is 155 Å². The zero-order valence-electron chi connectivity index (χ0n) is 14.4. The van der Waals surface area contributed by atoms with Crippen molar-refractivity contribution in [3.63, 3.8) is 0 Å². The number of hydrogen-bond acceptors (Lipinski definition) is 6. The summed E-state index contributed by atoms with van der Waals surface area (Å²) in [7, 11) is 1.74. The quantitative estimate of drug-likeness (QED) is 0.768. The summed E-state index contributed by atoms with van der Waals surface area (Å²) in [5.74, 6) is 0.495. The summed E-state index contributed by atoms with van der Waals surface area (Å²) in [6.07, 6.45) is 0.199. The van der Waals surface area contributed by atoms with E-state index in [9.17, 15) is 9.59 Å². The molecule has 2 amide bonds. The van der Waals surface area contributed by atoms with Crippen molar-refractivity contribution in [1.29, 1.82) is 5.26 Å². The number of carbonyl (C=O) groups is 2. The summed E-state index contributed by atoms with van der Waals surface area (Å²) in [6, 6.07) is 8.25. The molecular formula is C17H18ClN5O3. The first-order chi connectivity index (χ1) is 12.4.